The SMILES string of the molecule is CSc1ccc(-n2c(=S)[nH]c3cccnc32)cc1. The smallest absolute Gasteiger partial charge is 0.183 e. The molecule has 5 heteroatoms. The zero-order valence-electron chi connectivity index (χ0n) is 9.75. The second kappa shape index (κ2) is 4.59. The molecule has 1 N–H and O–H groups in total. The molecule has 0 aliphatic rings. The van der Waals surface area contributed by atoms with Crippen molar-refractivity contribution in [3.05, 3.63) is 47.4 Å². The molecule has 1 aromatic carbocycles. The summed E-state index contributed by atoms with van der Waals surface area (Å²) in [7, 11) is 0. The van der Waals surface area contributed by atoms with Crippen LogP contribution in [0.1, 0.15) is 0 Å². The minimum atomic E-state index is 0.667. The lowest BCUT2D eigenvalue weighted by atomic mass is 10.3. The van der Waals surface area contributed by atoms with Gasteiger partial charge in [-0.05, 0) is 54.9 Å². The van der Waals surface area contributed by atoms with Gasteiger partial charge in [-0.25, -0.2) is 4.98 Å². The Labute approximate surface area is 114 Å². The molecule has 0 saturated heterocycles. The van der Waals surface area contributed by atoms with Crippen molar-refractivity contribution in [2.24, 2.45) is 0 Å². The van der Waals surface area contributed by atoms with Gasteiger partial charge in [0.15, 0.2) is 10.4 Å². The van der Waals surface area contributed by atoms with E-state index in [0.29, 0.717) is 4.77 Å². The topological polar surface area (TPSA) is 33.6 Å². The fourth-order valence-electron chi connectivity index (χ4n) is 1.91. The number of benzene rings is 1. The van der Waals surface area contributed by atoms with Gasteiger partial charge in [-0.1, -0.05) is 0 Å². The van der Waals surface area contributed by atoms with E-state index in [1.165, 1.54) is 4.90 Å². The third-order valence-electron chi connectivity index (χ3n) is 2.77. The number of rotatable bonds is 2. The summed E-state index contributed by atoms with van der Waals surface area (Å²) in [5, 5.41) is 0. The van der Waals surface area contributed by atoms with Crippen LogP contribution in [0.4, 0.5) is 0 Å². The predicted octanol–water partition coefficient (Wildman–Crippen LogP) is 3.80. The first-order valence-corrected chi connectivity index (χ1v) is 7.13. The zero-order valence-corrected chi connectivity index (χ0v) is 11.4. The van der Waals surface area contributed by atoms with Crippen molar-refractivity contribution >= 4 is 35.1 Å². The molecule has 0 atom stereocenters. The quantitative estimate of drug-likeness (QED) is 0.569. The van der Waals surface area contributed by atoms with E-state index in [4.69, 9.17) is 12.2 Å². The Kier molecular flexibility index (Phi) is 2.93. The van der Waals surface area contributed by atoms with Crippen molar-refractivity contribution in [3.8, 4) is 5.69 Å². The van der Waals surface area contributed by atoms with Crippen molar-refractivity contribution in [2.45, 2.75) is 4.90 Å². The molecule has 0 aliphatic carbocycles. The second-order valence-corrected chi connectivity index (χ2v) is 5.10. The molecule has 3 nitrogen and oxygen atoms in total. The second-order valence-electron chi connectivity index (χ2n) is 3.84. The molecule has 3 rings (SSSR count). The van der Waals surface area contributed by atoms with Gasteiger partial charge >= 0.3 is 0 Å². The number of thioether (sulfide) groups is 1. The number of imidazole rings is 1. The van der Waals surface area contributed by atoms with Gasteiger partial charge in [-0.15, -0.1) is 11.8 Å². The monoisotopic (exact) mass is 273 g/mol. The number of aromatic amines is 1. The maximum absolute atomic E-state index is 5.36. The fraction of sp³-hybridized carbons (Fsp3) is 0.0769. The van der Waals surface area contributed by atoms with Gasteiger partial charge in [0.05, 0.1) is 5.52 Å². The summed E-state index contributed by atoms with van der Waals surface area (Å²) in [4.78, 5) is 8.78. The molecule has 18 heavy (non-hydrogen) atoms. The maximum Gasteiger partial charge on any atom is 0.183 e. The highest BCUT2D eigenvalue weighted by Crippen LogP contribution is 2.20. The van der Waals surface area contributed by atoms with Crippen LogP contribution in [0.25, 0.3) is 16.9 Å². The minimum Gasteiger partial charge on any atom is -0.329 e. The molecule has 2 aromatic heterocycles. The van der Waals surface area contributed by atoms with Crippen LogP contribution >= 0.6 is 24.0 Å². The fourth-order valence-corrected chi connectivity index (χ4v) is 2.62. The predicted molar refractivity (Wildman–Crippen MR) is 78.0 cm³/mol. The lowest BCUT2D eigenvalue weighted by molar-refractivity contribution is 1.04. The van der Waals surface area contributed by atoms with Crippen molar-refractivity contribution in [1.82, 2.24) is 14.5 Å². The molecular formula is C13H11N3S2. The first kappa shape index (κ1) is 11.5. The molecule has 2 heterocycles. The van der Waals surface area contributed by atoms with Gasteiger partial charge in [0, 0.05) is 16.8 Å². The molecule has 0 fully saturated rings. The molecule has 0 bridgehead atoms. The summed E-state index contributed by atoms with van der Waals surface area (Å²) < 4.78 is 2.62. The van der Waals surface area contributed by atoms with Crippen LogP contribution in [0.3, 0.4) is 0 Å². The lowest BCUT2D eigenvalue weighted by Crippen LogP contribution is -1.94. The maximum atomic E-state index is 5.36. The number of pyridine rings is 1. The van der Waals surface area contributed by atoms with E-state index >= 15 is 0 Å². The third-order valence-corrected chi connectivity index (χ3v) is 3.80. The first-order valence-electron chi connectivity index (χ1n) is 5.50. The van der Waals surface area contributed by atoms with Crippen LogP contribution in [0.5, 0.6) is 0 Å². The summed E-state index contributed by atoms with van der Waals surface area (Å²) in [6.07, 6.45) is 3.84. The summed E-state index contributed by atoms with van der Waals surface area (Å²) in [6, 6.07) is 12.2. The largest absolute Gasteiger partial charge is 0.329 e. The molecule has 0 aliphatic heterocycles. The van der Waals surface area contributed by atoms with Crippen LogP contribution in [0.15, 0.2) is 47.5 Å². The van der Waals surface area contributed by atoms with Gasteiger partial charge in [0.1, 0.15) is 0 Å². The molecule has 0 unspecified atom stereocenters. The number of hydrogen-bond donors (Lipinski definition) is 1. The van der Waals surface area contributed by atoms with E-state index in [1.807, 2.05) is 16.7 Å². The van der Waals surface area contributed by atoms with Gasteiger partial charge in [-0.3, -0.25) is 4.57 Å². The molecule has 0 spiro atoms. The van der Waals surface area contributed by atoms with Crippen LogP contribution in [-0.2, 0) is 0 Å². The lowest BCUT2D eigenvalue weighted by Gasteiger charge is -2.04. The molecule has 90 valence electrons. The van der Waals surface area contributed by atoms with E-state index in [0.717, 1.165) is 16.9 Å². The van der Waals surface area contributed by atoms with Crippen molar-refractivity contribution in [2.75, 3.05) is 6.26 Å². The molecule has 3 aromatic rings. The minimum absolute atomic E-state index is 0.667. The Morgan fingerprint density at radius 3 is 2.72 bits per heavy atom. The van der Waals surface area contributed by atoms with Gasteiger partial charge in [0.25, 0.3) is 0 Å². The van der Waals surface area contributed by atoms with Crippen LogP contribution in [0, 0.1) is 4.77 Å². The molecular weight excluding hydrogens is 262 g/mol. The number of nitrogens with zero attached hydrogens (tertiary/aromatic N) is 2. The first-order chi connectivity index (χ1) is 8.79. The van der Waals surface area contributed by atoms with Crippen LogP contribution < -0.4 is 0 Å². The summed E-state index contributed by atoms with van der Waals surface area (Å²) in [5.74, 6) is 0. The average molecular weight is 273 g/mol. The van der Waals surface area contributed by atoms with E-state index in [1.54, 1.807) is 18.0 Å². The Hall–Kier alpha value is -1.59. The van der Waals surface area contributed by atoms with Crippen molar-refractivity contribution < 1.29 is 0 Å². The highest BCUT2D eigenvalue weighted by molar-refractivity contribution is 7.98. The molecule has 0 amide bonds. The number of nitrogens with one attached hydrogen (secondary N) is 1. The zero-order chi connectivity index (χ0) is 12.5. The molecule has 0 radical (unpaired) electrons. The Bertz CT molecular complexity index is 741. The summed E-state index contributed by atoms with van der Waals surface area (Å²) in [5.41, 5.74) is 2.85. The van der Waals surface area contributed by atoms with E-state index in [-0.39, 0.29) is 0 Å². The van der Waals surface area contributed by atoms with Crippen LogP contribution in [0.2, 0.25) is 0 Å². The van der Waals surface area contributed by atoms with Crippen LogP contribution in [-0.4, -0.2) is 20.8 Å². The van der Waals surface area contributed by atoms with E-state index < -0.39 is 0 Å². The molecule has 0 saturated carbocycles. The number of hydrogen-bond acceptors (Lipinski definition) is 3. The standard InChI is InChI=1S/C13H11N3S2/c1-18-10-6-4-9(5-7-10)16-12-11(15-13(16)17)3-2-8-14-12/h2-8H,1H3,(H,15,17). The number of aromatic nitrogens is 3. The summed E-state index contributed by atoms with van der Waals surface area (Å²) >= 11 is 7.08. The summed E-state index contributed by atoms with van der Waals surface area (Å²) in [6.45, 7) is 0. The Morgan fingerprint density at radius 2 is 2.00 bits per heavy atom. The van der Waals surface area contributed by atoms with Gasteiger partial charge < -0.3 is 4.98 Å². The van der Waals surface area contributed by atoms with Crippen molar-refractivity contribution in [1.29, 1.82) is 0 Å². The van der Waals surface area contributed by atoms with Gasteiger partial charge in [-0.2, -0.15) is 0 Å². The Morgan fingerprint density at radius 1 is 1.22 bits per heavy atom. The number of H-pyrrole nitrogens is 1. The van der Waals surface area contributed by atoms with E-state index in [9.17, 15) is 0 Å². The van der Waals surface area contributed by atoms with E-state index in [2.05, 4.69) is 40.5 Å². The normalized spacial score (nSPS) is 10.9. The Balaban J connectivity index is 2.24. The highest BCUT2D eigenvalue weighted by atomic mass is 32.2. The van der Waals surface area contributed by atoms with Gasteiger partial charge in [0.2, 0.25) is 0 Å². The number of fused-ring (bicyclic) bond motifs is 1. The highest BCUT2D eigenvalue weighted by Gasteiger charge is 2.06. The third kappa shape index (κ3) is 1.85. The van der Waals surface area contributed by atoms with Crippen molar-refractivity contribution in [3.63, 3.8) is 0 Å². The average Bonchev–Trinajstić information content (AvgIpc) is 2.75.